The van der Waals surface area contributed by atoms with Crippen LogP contribution in [0.15, 0.2) is 102 Å². The van der Waals surface area contributed by atoms with Crippen LogP contribution in [0.4, 0.5) is 21.9 Å². The standard InChI is InChI=1S/C26H22ClN3O3S/c1-18-9-5-6-12-21(18)22-16-15-19(17-23(22)27)28-24-13-7-8-14-25(24)29-26(31)30-34(32,33)20-10-3-2-4-11-20/h2-17,28H,1H3,(H2,29,30,31). The van der Waals surface area contributed by atoms with E-state index in [1.807, 2.05) is 48.0 Å². The van der Waals surface area contributed by atoms with E-state index in [9.17, 15) is 13.2 Å². The van der Waals surface area contributed by atoms with Crippen LogP contribution in [0.5, 0.6) is 0 Å². The van der Waals surface area contributed by atoms with E-state index in [0.717, 1.165) is 16.7 Å². The maximum atomic E-state index is 12.4. The quantitative estimate of drug-likeness (QED) is 0.284. The monoisotopic (exact) mass is 491 g/mol. The van der Waals surface area contributed by atoms with Crippen LogP contribution >= 0.6 is 11.6 Å². The summed E-state index contributed by atoms with van der Waals surface area (Å²) in [6, 6.07) is 27.4. The number of rotatable bonds is 6. The van der Waals surface area contributed by atoms with Gasteiger partial charge in [0.2, 0.25) is 0 Å². The Labute approximate surface area is 203 Å². The van der Waals surface area contributed by atoms with Crippen LogP contribution < -0.4 is 15.4 Å². The van der Waals surface area contributed by atoms with E-state index in [0.29, 0.717) is 22.1 Å². The summed E-state index contributed by atoms with van der Waals surface area (Å²) < 4.78 is 26.9. The van der Waals surface area contributed by atoms with E-state index in [1.54, 1.807) is 48.5 Å². The summed E-state index contributed by atoms with van der Waals surface area (Å²) in [5.74, 6) is 0. The first-order chi connectivity index (χ1) is 16.3. The molecule has 0 saturated carbocycles. The molecular weight excluding hydrogens is 470 g/mol. The van der Waals surface area contributed by atoms with E-state index in [2.05, 4.69) is 10.6 Å². The third kappa shape index (κ3) is 5.39. The predicted molar refractivity (Wildman–Crippen MR) is 137 cm³/mol. The molecule has 0 spiro atoms. The molecule has 0 saturated heterocycles. The highest BCUT2D eigenvalue weighted by atomic mass is 35.5. The number of anilines is 3. The highest BCUT2D eigenvalue weighted by molar-refractivity contribution is 7.90. The van der Waals surface area contributed by atoms with Gasteiger partial charge in [0.05, 0.1) is 21.3 Å². The SMILES string of the molecule is Cc1ccccc1-c1ccc(Nc2ccccc2NC(=O)NS(=O)(=O)c2ccccc2)cc1Cl. The minimum Gasteiger partial charge on any atom is -0.354 e. The number of amides is 2. The minimum atomic E-state index is -3.99. The number of halogens is 1. The van der Waals surface area contributed by atoms with Crippen molar-refractivity contribution in [2.45, 2.75) is 11.8 Å². The van der Waals surface area contributed by atoms with Gasteiger partial charge in [-0.25, -0.2) is 17.9 Å². The normalized spacial score (nSPS) is 11.0. The molecule has 0 fully saturated rings. The molecule has 4 rings (SSSR count). The van der Waals surface area contributed by atoms with Gasteiger partial charge in [0.15, 0.2) is 0 Å². The predicted octanol–water partition coefficient (Wildman–Crippen LogP) is 6.57. The Morgan fingerprint density at radius 2 is 1.41 bits per heavy atom. The zero-order valence-corrected chi connectivity index (χ0v) is 19.8. The van der Waals surface area contributed by atoms with Gasteiger partial charge in [-0.15, -0.1) is 0 Å². The summed E-state index contributed by atoms with van der Waals surface area (Å²) in [4.78, 5) is 12.4. The van der Waals surface area contributed by atoms with Crippen molar-refractivity contribution in [3.63, 3.8) is 0 Å². The lowest BCUT2D eigenvalue weighted by molar-refractivity contribution is 0.256. The van der Waals surface area contributed by atoms with Gasteiger partial charge in [-0.1, -0.05) is 72.3 Å². The maximum absolute atomic E-state index is 12.4. The number of urea groups is 1. The zero-order chi connectivity index (χ0) is 24.1. The van der Waals surface area contributed by atoms with Crippen LogP contribution in [0, 0.1) is 6.92 Å². The number of hydrogen-bond acceptors (Lipinski definition) is 4. The molecule has 0 unspecified atom stereocenters. The number of carbonyl (C=O) groups is 1. The molecular formula is C26H22ClN3O3S. The van der Waals surface area contributed by atoms with Gasteiger partial charge >= 0.3 is 6.03 Å². The average Bonchev–Trinajstić information content (AvgIpc) is 2.81. The van der Waals surface area contributed by atoms with Crippen molar-refractivity contribution < 1.29 is 13.2 Å². The molecule has 0 aliphatic carbocycles. The molecule has 4 aromatic carbocycles. The van der Waals surface area contributed by atoms with Gasteiger partial charge in [-0.3, -0.25) is 0 Å². The Morgan fingerprint density at radius 1 is 0.765 bits per heavy atom. The number of hydrogen-bond donors (Lipinski definition) is 3. The molecule has 0 radical (unpaired) electrons. The van der Waals surface area contributed by atoms with Crippen LogP contribution in [-0.2, 0) is 10.0 Å². The summed E-state index contributed by atoms with van der Waals surface area (Å²) in [5, 5.41) is 6.40. The third-order valence-electron chi connectivity index (χ3n) is 5.14. The van der Waals surface area contributed by atoms with Gasteiger partial charge in [-0.05, 0) is 54.4 Å². The molecule has 8 heteroatoms. The number of sulfonamides is 1. The minimum absolute atomic E-state index is 0.0000513. The van der Waals surface area contributed by atoms with Crippen molar-refractivity contribution in [3.05, 3.63) is 108 Å². The van der Waals surface area contributed by atoms with Gasteiger partial charge in [0.25, 0.3) is 10.0 Å². The lowest BCUT2D eigenvalue weighted by atomic mass is 10.0. The Morgan fingerprint density at radius 3 is 2.12 bits per heavy atom. The van der Waals surface area contributed by atoms with E-state index in [4.69, 9.17) is 11.6 Å². The van der Waals surface area contributed by atoms with Crippen LogP contribution in [0.3, 0.4) is 0 Å². The second-order valence-corrected chi connectivity index (χ2v) is 9.64. The number of carbonyl (C=O) groups excluding carboxylic acids is 1. The first-order valence-corrected chi connectivity index (χ1v) is 12.3. The maximum Gasteiger partial charge on any atom is 0.333 e. The van der Waals surface area contributed by atoms with Crippen LogP contribution in [-0.4, -0.2) is 14.4 Å². The lowest BCUT2D eigenvalue weighted by Gasteiger charge is -2.15. The van der Waals surface area contributed by atoms with Crippen molar-refractivity contribution >= 4 is 44.7 Å². The van der Waals surface area contributed by atoms with Gasteiger partial charge in [0.1, 0.15) is 0 Å². The van der Waals surface area contributed by atoms with E-state index in [1.165, 1.54) is 12.1 Å². The van der Waals surface area contributed by atoms with Gasteiger partial charge in [-0.2, -0.15) is 0 Å². The molecule has 6 nitrogen and oxygen atoms in total. The second-order valence-electron chi connectivity index (χ2n) is 7.55. The van der Waals surface area contributed by atoms with Crippen LogP contribution in [0.2, 0.25) is 5.02 Å². The van der Waals surface area contributed by atoms with Crippen molar-refractivity contribution in [1.82, 2.24) is 4.72 Å². The molecule has 2 amide bonds. The molecule has 4 aromatic rings. The average molecular weight is 492 g/mol. The molecule has 0 aromatic heterocycles. The number of benzene rings is 4. The van der Waals surface area contributed by atoms with Gasteiger partial charge < -0.3 is 10.6 Å². The summed E-state index contributed by atoms with van der Waals surface area (Å²) in [7, 11) is -3.99. The number of aryl methyl sites for hydroxylation is 1. The summed E-state index contributed by atoms with van der Waals surface area (Å²) >= 11 is 6.57. The zero-order valence-electron chi connectivity index (χ0n) is 18.2. The molecule has 0 aliphatic rings. The van der Waals surface area contributed by atoms with E-state index in [-0.39, 0.29) is 4.90 Å². The number of nitrogens with one attached hydrogen (secondary N) is 3. The summed E-state index contributed by atoms with van der Waals surface area (Å²) in [6.45, 7) is 2.03. The molecule has 3 N–H and O–H groups in total. The van der Waals surface area contributed by atoms with E-state index >= 15 is 0 Å². The van der Waals surface area contributed by atoms with Crippen molar-refractivity contribution in [2.24, 2.45) is 0 Å². The van der Waals surface area contributed by atoms with Crippen LogP contribution in [0.1, 0.15) is 5.56 Å². The van der Waals surface area contributed by atoms with Crippen molar-refractivity contribution in [3.8, 4) is 11.1 Å². The first kappa shape index (κ1) is 23.4. The van der Waals surface area contributed by atoms with Gasteiger partial charge in [0, 0.05) is 11.3 Å². The summed E-state index contributed by atoms with van der Waals surface area (Å²) in [6.07, 6.45) is 0. The van der Waals surface area contributed by atoms with E-state index < -0.39 is 16.1 Å². The fraction of sp³-hybridized carbons (Fsp3) is 0.0385. The van der Waals surface area contributed by atoms with Crippen molar-refractivity contribution in [2.75, 3.05) is 10.6 Å². The topological polar surface area (TPSA) is 87.3 Å². The fourth-order valence-corrected chi connectivity index (χ4v) is 4.68. The molecule has 0 aliphatic heterocycles. The Kier molecular flexibility index (Phi) is 6.86. The molecule has 172 valence electrons. The summed E-state index contributed by atoms with van der Waals surface area (Å²) in [5.41, 5.74) is 4.79. The fourth-order valence-electron chi connectivity index (χ4n) is 3.47. The Bertz CT molecular complexity index is 1440. The lowest BCUT2D eigenvalue weighted by Crippen LogP contribution is -2.34. The number of para-hydroxylation sites is 2. The molecule has 34 heavy (non-hydrogen) atoms. The first-order valence-electron chi connectivity index (χ1n) is 10.4. The Hall–Kier alpha value is -3.81. The highest BCUT2D eigenvalue weighted by Gasteiger charge is 2.18. The Balaban J connectivity index is 1.51. The highest BCUT2D eigenvalue weighted by Crippen LogP contribution is 2.34. The molecule has 0 atom stereocenters. The van der Waals surface area contributed by atoms with Crippen molar-refractivity contribution in [1.29, 1.82) is 0 Å². The smallest absolute Gasteiger partial charge is 0.333 e. The third-order valence-corrected chi connectivity index (χ3v) is 6.80. The molecule has 0 bridgehead atoms. The second kappa shape index (κ2) is 9.99. The molecule has 0 heterocycles. The largest absolute Gasteiger partial charge is 0.354 e. The van der Waals surface area contributed by atoms with Crippen LogP contribution in [0.25, 0.3) is 11.1 Å².